The summed E-state index contributed by atoms with van der Waals surface area (Å²) in [6.45, 7) is 0. The maximum absolute atomic E-state index is 11.7. The van der Waals surface area contributed by atoms with Crippen molar-refractivity contribution >= 4 is 11.9 Å². The summed E-state index contributed by atoms with van der Waals surface area (Å²) >= 11 is 0. The quantitative estimate of drug-likeness (QED) is 0.656. The molecular formula is C10H14N4O2. The number of aromatic amines is 1. The lowest BCUT2D eigenvalue weighted by molar-refractivity contribution is 0.0932. The van der Waals surface area contributed by atoms with Crippen LogP contribution in [0.5, 0.6) is 0 Å². The molecule has 1 heterocycles. The molecule has 6 nitrogen and oxygen atoms in total. The third kappa shape index (κ3) is 2.39. The first-order valence-electron chi connectivity index (χ1n) is 5.33. The zero-order valence-corrected chi connectivity index (χ0v) is 8.82. The van der Waals surface area contributed by atoms with Gasteiger partial charge < -0.3 is 11.1 Å². The molecule has 1 aliphatic rings. The molecule has 1 fully saturated rings. The molecular weight excluding hydrogens is 208 g/mol. The van der Waals surface area contributed by atoms with E-state index in [9.17, 15) is 9.59 Å². The molecule has 0 atom stereocenters. The molecule has 1 aliphatic carbocycles. The van der Waals surface area contributed by atoms with E-state index in [1.165, 1.54) is 0 Å². The SMILES string of the molecule is Nc1nc(C(=O)NC2CCCC2)cc(=O)[nH]1. The number of carbonyl (C=O) groups excluding carboxylic acids is 1. The van der Waals surface area contributed by atoms with E-state index in [0.29, 0.717) is 0 Å². The van der Waals surface area contributed by atoms with Gasteiger partial charge in [-0.3, -0.25) is 14.6 Å². The van der Waals surface area contributed by atoms with Gasteiger partial charge in [-0.15, -0.1) is 0 Å². The summed E-state index contributed by atoms with van der Waals surface area (Å²) in [6.07, 6.45) is 4.25. The zero-order valence-electron chi connectivity index (χ0n) is 8.82. The number of nitrogens with zero attached hydrogens (tertiary/aromatic N) is 1. The standard InChI is InChI=1S/C10H14N4O2/c11-10-13-7(5-8(15)14-10)9(16)12-6-3-1-2-4-6/h5-6H,1-4H2,(H,12,16)(H3,11,13,14,15). The topological polar surface area (TPSA) is 101 Å². The Bertz CT molecular complexity index is 448. The molecule has 0 saturated heterocycles. The maximum Gasteiger partial charge on any atom is 0.270 e. The minimum atomic E-state index is -0.413. The third-order valence-corrected chi connectivity index (χ3v) is 2.68. The normalized spacial score (nSPS) is 16.2. The van der Waals surface area contributed by atoms with Crippen LogP contribution in [0.15, 0.2) is 10.9 Å². The first kappa shape index (κ1) is 10.7. The number of aromatic nitrogens is 2. The molecule has 0 aromatic carbocycles. The summed E-state index contributed by atoms with van der Waals surface area (Å²) in [5, 5.41) is 2.84. The van der Waals surface area contributed by atoms with E-state index in [4.69, 9.17) is 5.73 Å². The average Bonchev–Trinajstić information content (AvgIpc) is 2.68. The van der Waals surface area contributed by atoms with E-state index in [1.54, 1.807) is 0 Å². The molecule has 0 aliphatic heterocycles. The Morgan fingerprint density at radius 1 is 1.50 bits per heavy atom. The minimum Gasteiger partial charge on any atom is -0.369 e. The van der Waals surface area contributed by atoms with Gasteiger partial charge >= 0.3 is 0 Å². The number of carbonyl (C=O) groups is 1. The van der Waals surface area contributed by atoms with Crippen molar-refractivity contribution in [2.24, 2.45) is 0 Å². The van der Waals surface area contributed by atoms with Crippen molar-refractivity contribution < 1.29 is 4.79 Å². The fraction of sp³-hybridized carbons (Fsp3) is 0.500. The highest BCUT2D eigenvalue weighted by molar-refractivity contribution is 5.92. The van der Waals surface area contributed by atoms with Crippen LogP contribution in [-0.4, -0.2) is 21.9 Å². The Hall–Kier alpha value is -1.85. The second-order valence-electron chi connectivity index (χ2n) is 3.97. The van der Waals surface area contributed by atoms with Crippen LogP contribution < -0.4 is 16.6 Å². The molecule has 86 valence electrons. The van der Waals surface area contributed by atoms with E-state index in [2.05, 4.69) is 15.3 Å². The summed E-state index contributed by atoms with van der Waals surface area (Å²) in [5.41, 5.74) is 5.02. The lowest BCUT2D eigenvalue weighted by atomic mass is 10.2. The second kappa shape index (κ2) is 4.34. The van der Waals surface area contributed by atoms with Gasteiger partial charge in [0.2, 0.25) is 5.95 Å². The van der Waals surface area contributed by atoms with Crippen LogP contribution in [0.3, 0.4) is 0 Å². The van der Waals surface area contributed by atoms with Crippen LogP contribution >= 0.6 is 0 Å². The number of rotatable bonds is 2. The number of nitrogens with one attached hydrogen (secondary N) is 2. The van der Waals surface area contributed by atoms with Crippen molar-refractivity contribution in [3.63, 3.8) is 0 Å². The van der Waals surface area contributed by atoms with Crippen LogP contribution in [0, 0.1) is 0 Å². The molecule has 0 spiro atoms. The van der Waals surface area contributed by atoms with E-state index in [1.807, 2.05) is 0 Å². The predicted molar refractivity (Wildman–Crippen MR) is 59.0 cm³/mol. The summed E-state index contributed by atoms with van der Waals surface area (Å²) < 4.78 is 0. The van der Waals surface area contributed by atoms with Crippen molar-refractivity contribution in [2.75, 3.05) is 5.73 Å². The Balaban J connectivity index is 2.10. The lowest BCUT2D eigenvalue weighted by Crippen LogP contribution is -2.34. The first-order chi connectivity index (χ1) is 7.65. The van der Waals surface area contributed by atoms with E-state index in [0.717, 1.165) is 31.7 Å². The van der Waals surface area contributed by atoms with Crippen LogP contribution in [-0.2, 0) is 0 Å². The zero-order chi connectivity index (χ0) is 11.5. The van der Waals surface area contributed by atoms with E-state index < -0.39 is 5.56 Å². The molecule has 0 unspecified atom stereocenters. The number of hydrogen-bond acceptors (Lipinski definition) is 4. The smallest absolute Gasteiger partial charge is 0.270 e. The van der Waals surface area contributed by atoms with E-state index >= 15 is 0 Å². The van der Waals surface area contributed by atoms with E-state index in [-0.39, 0.29) is 23.6 Å². The summed E-state index contributed by atoms with van der Waals surface area (Å²) in [6, 6.07) is 1.36. The van der Waals surface area contributed by atoms with Gasteiger partial charge in [0, 0.05) is 12.1 Å². The number of hydrogen-bond donors (Lipinski definition) is 3. The highest BCUT2D eigenvalue weighted by Crippen LogP contribution is 2.17. The predicted octanol–water partition coefficient (Wildman–Crippen LogP) is 0.0245. The Kier molecular flexibility index (Phi) is 2.89. The Morgan fingerprint density at radius 3 is 2.81 bits per heavy atom. The molecule has 16 heavy (non-hydrogen) atoms. The van der Waals surface area contributed by atoms with Gasteiger partial charge in [0.1, 0.15) is 5.69 Å². The molecule has 0 radical (unpaired) electrons. The Morgan fingerprint density at radius 2 is 2.19 bits per heavy atom. The first-order valence-corrected chi connectivity index (χ1v) is 5.33. The van der Waals surface area contributed by atoms with Gasteiger partial charge in [0.05, 0.1) is 0 Å². The highest BCUT2D eigenvalue weighted by atomic mass is 16.2. The van der Waals surface area contributed by atoms with Crippen LogP contribution in [0.4, 0.5) is 5.95 Å². The molecule has 6 heteroatoms. The molecule has 1 saturated carbocycles. The van der Waals surface area contributed by atoms with Crippen LogP contribution in [0.25, 0.3) is 0 Å². The van der Waals surface area contributed by atoms with Gasteiger partial charge in [0.25, 0.3) is 11.5 Å². The second-order valence-corrected chi connectivity index (χ2v) is 3.97. The number of anilines is 1. The largest absolute Gasteiger partial charge is 0.369 e. The van der Waals surface area contributed by atoms with Gasteiger partial charge in [-0.05, 0) is 12.8 Å². The number of amides is 1. The Labute approximate surface area is 92.3 Å². The number of nitrogen functional groups attached to an aromatic ring is 1. The average molecular weight is 222 g/mol. The number of nitrogens with two attached hydrogens (primary N) is 1. The fourth-order valence-electron chi connectivity index (χ4n) is 1.92. The van der Waals surface area contributed by atoms with Crippen LogP contribution in [0.2, 0.25) is 0 Å². The van der Waals surface area contributed by atoms with Gasteiger partial charge in [-0.2, -0.15) is 0 Å². The highest BCUT2D eigenvalue weighted by Gasteiger charge is 2.18. The monoisotopic (exact) mass is 222 g/mol. The van der Waals surface area contributed by atoms with Gasteiger partial charge in [-0.25, -0.2) is 4.98 Å². The van der Waals surface area contributed by atoms with Crippen molar-refractivity contribution in [2.45, 2.75) is 31.7 Å². The fourth-order valence-corrected chi connectivity index (χ4v) is 1.92. The van der Waals surface area contributed by atoms with Gasteiger partial charge in [0.15, 0.2) is 0 Å². The van der Waals surface area contributed by atoms with Gasteiger partial charge in [-0.1, -0.05) is 12.8 Å². The third-order valence-electron chi connectivity index (χ3n) is 2.68. The van der Waals surface area contributed by atoms with Crippen LogP contribution in [0.1, 0.15) is 36.2 Å². The van der Waals surface area contributed by atoms with Crippen molar-refractivity contribution in [1.29, 1.82) is 0 Å². The summed E-state index contributed by atoms with van der Waals surface area (Å²) in [5.74, 6) is -0.367. The molecule has 1 aromatic heterocycles. The van der Waals surface area contributed by atoms with Crippen molar-refractivity contribution in [1.82, 2.24) is 15.3 Å². The molecule has 4 N–H and O–H groups in total. The minimum absolute atomic E-state index is 0.0379. The summed E-state index contributed by atoms with van der Waals surface area (Å²) in [7, 11) is 0. The lowest BCUT2D eigenvalue weighted by Gasteiger charge is -2.10. The molecule has 1 aromatic rings. The summed E-state index contributed by atoms with van der Waals surface area (Å²) in [4.78, 5) is 28.9. The maximum atomic E-state index is 11.7. The molecule has 0 bridgehead atoms. The molecule has 1 amide bonds. The number of H-pyrrole nitrogens is 1. The molecule has 2 rings (SSSR count). The van der Waals surface area contributed by atoms with Crippen molar-refractivity contribution in [3.05, 3.63) is 22.1 Å². The van der Waals surface area contributed by atoms with Crippen molar-refractivity contribution in [3.8, 4) is 0 Å².